The van der Waals surface area contributed by atoms with E-state index in [9.17, 15) is 9.18 Å². The van der Waals surface area contributed by atoms with Crippen molar-refractivity contribution in [2.24, 2.45) is 0 Å². The number of rotatable bonds is 5. The predicted octanol–water partition coefficient (Wildman–Crippen LogP) is 2.73. The molecule has 1 aromatic carbocycles. The number of benzene rings is 1. The maximum atomic E-state index is 13.6. The van der Waals surface area contributed by atoms with Crippen LogP contribution in [0.25, 0.3) is 5.65 Å². The maximum Gasteiger partial charge on any atom is 0.280 e. The van der Waals surface area contributed by atoms with E-state index in [0.717, 1.165) is 3.70 Å². The number of anilines is 1. The Morgan fingerprint density at radius 1 is 1.32 bits per heavy atom. The van der Waals surface area contributed by atoms with Gasteiger partial charge in [-0.2, -0.15) is 0 Å². The quantitative estimate of drug-likeness (QED) is 0.437. The fraction of sp³-hybridized carbons (Fsp3) is 0.188. The first-order valence-corrected chi connectivity index (χ1v) is 8.26. The van der Waals surface area contributed by atoms with Crippen molar-refractivity contribution in [1.82, 2.24) is 14.4 Å². The highest BCUT2D eigenvalue weighted by Crippen LogP contribution is 2.25. The molecule has 9 heteroatoms. The van der Waals surface area contributed by atoms with Gasteiger partial charge in [-0.3, -0.25) is 14.1 Å². The largest absolute Gasteiger partial charge is 0.494 e. The summed E-state index contributed by atoms with van der Waals surface area (Å²) in [4.78, 5) is 22.6. The van der Waals surface area contributed by atoms with Gasteiger partial charge in [-0.05, 0) is 34.7 Å². The lowest BCUT2D eigenvalue weighted by molar-refractivity contribution is 0.0931. The summed E-state index contributed by atoms with van der Waals surface area (Å²) in [5.74, 6) is -0.857. The number of hydrogen-bond acceptors (Lipinski definition) is 5. The highest BCUT2D eigenvalue weighted by atomic mass is 127. The summed E-state index contributed by atoms with van der Waals surface area (Å²) in [6, 6.07) is 4.15. The van der Waals surface area contributed by atoms with Gasteiger partial charge in [0.05, 0.1) is 25.2 Å². The topological polar surface area (TPSA) is 69.0 Å². The molecule has 0 atom stereocenters. The zero-order valence-electron chi connectivity index (χ0n) is 13.4. The van der Waals surface area contributed by atoms with Gasteiger partial charge in [-0.25, -0.2) is 14.4 Å². The van der Waals surface area contributed by atoms with Gasteiger partial charge < -0.3 is 9.47 Å². The lowest BCUT2D eigenvalue weighted by atomic mass is 10.2. The zero-order chi connectivity index (χ0) is 18.0. The number of ether oxygens (including phenoxy) is 2. The Morgan fingerprint density at radius 2 is 2.12 bits per heavy atom. The van der Waals surface area contributed by atoms with Crippen molar-refractivity contribution in [2.75, 3.05) is 25.9 Å². The van der Waals surface area contributed by atoms with Gasteiger partial charge in [0.1, 0.15) is 16.1 Å². The van der Waals surface area contributed by atoms with Crippen molar-refractivity contribution in [3.63, 3.8) is 0 Å². The van der Waals surface area contributed by atoms with Crippen LogP contribution < -0.4 is 9.64 Å². The molecule has 0 fully saturated rings. The average molecular weight is 456 g/mol. The molecule has 25 heavy (non-hydrogen) atoms. The number of amides is 1. The van der Waals surface area contributed by atoms with E-state index in [1.807, 2.05) is 0 Å². The third-order valence-corrected chi connectivity index (χ3v) is 4.32. The fourth-order valence-electron chi connectivity index (χ4n) is 2.30. The van der Waals surface area contributed by atoms with Crippen molar-refractivity contribution < 1.29 is 18.7 Å². The van der Waals surface area contributed by atoms with E-state index in [-0.39, 0.29) is 24.1 Å². The standard InChI is InChI=1S/C16H14FIN4O3/c1-24-9-22(10-3-4-11(17)13(5-10)25-2)16(23)12-8-21-14(18)6-20-15(21)7-19-12/h3-8H,9H2,1-2H3. The molecule has 130 valence electrons. The molecule has 1 amide bonds. The third-order valence-electron chi connectivity index (χ3n) is 3.52. The molecule has 0 radical (unpaired) electrons. The van der Waals surface area contributed by atoms with E-state index >= 15 is 0 Å². The molecular formula is C16H14FIN4O3. The zero-order valence-corrected chi connectivity index (χ0v) is 15.6. The molecular weight excluding hydrogens is 442 g/mol. The van der Waals surface area contributed by atoms with Crippen LogP contribution in [0.15, 0.2) is 36.8 Å². The molecule has 7 nitrogen and oxygen atoms in total. The van der Waals surface area contributed by atoms with Crippen molar-refractivity contribution in [1.29, 1.82) is 0 Å². The minimum absolute atomic E-state index is 0.0195. The SMILES string of the molecule is COCN(C(=O)c1cn2c(I)cnc2cn1)c1ccc(F)c(OC)c1. The Kier molecular flexibility index (Phi) is 5.13. The number of carbonyl (C=O) groups is 1. The molecule has 0 saturated heterocycles. The van der Waals surface area contributed by atoms with Gasteiger partial charge in [0.25, 0.3) is 5.91 Å². The van der Waals surface area contributed by atoms with Crippen LogP contribution >= 0.6 is 22.6 Å². The van der Waals surface area contributed by atoms with Gasteiger partial charge in [0, 0.05) is 19.4 Å². The number of nitrogens with zero attached hydrogens (tertiary/aromatic N) is 4. The highest BCUT2D eigenvalue weighted by molar-refractivity contribution is 14.1. The van der Waals surface area contributed by atoms with E-state index in [1.54, 1.807) is 16.8 Å². The number of imidazole rings is 1. The summed E-state index contributed by atoms with van der Waals surface area (Å²) >= 11 is 2.12. The van der Waals surface area contributed by atoms with E-state index < -0.39 is 5.82 Å². The smallest absolute Gasteiger partial charge is 0.280 e. The molecule has 2 heterocycles. The number of halogens is 2. The Balaban J connectivity index is 2.01. The number of aromatic nitrogens is 3. The molecule has 2 aromatic heterocycles. The minimum atomic E-state index is -0.511. The molecule has 0 aliphatic carbocycles. The van der Waals surface area contributed by atoms with Gasteiger partial charge >= 0.3 is 0 Å². The van der Waals surface area contributed by atoms with Crippen LogP contribution in [0.5, 0.6) is 5.75 Å². The van der Waals surface area contributed by atoms with Gasteiger partial charge in [-0.15, -0.1) is 0 Å². The van der Waals surface area contributed by atoms with Gasteiger partial charge in [0.15, 0.2) is 17.2 Å². The van der Waals surface area contributed by atoms with Crippen molar-refractivity contribution in [3.05, 3.63) is 52.0 Å². The summed E-state index contributed by atoms with van der Waals surface area (Å²) in [5, 5.41) is 0. The molecule has 0 aliphatic rings. The summed E-state index contributed by atoms with van der Waals surface area (Å²) in [7, 11) is 2.83. The second-order valence-corrected chi connectivity index (χ2v) is 6.16. The first kappa shape index (κ1) is 17.5. The lowest BCUT2D eigenvalue weighted by Gasteiger charge is -2.22. The average Bonchev–Trinajstić information content (AvgIpc) is 3.00. The highest BCUT2D eigenvalue weighted by Gasteiger charge is 2.21. The molecule has 3 rings (SSSR count). The second-order valence-electron chi connectivity index (χ2n) is 5.05. The van der Waals surface area contributed by atoms with Crippen LogP contribution in [-0.4, -0.2) is 41.2 Å². The first-order valence-electron chi connectivity index (χ1n) is 7.18. The van der Waals surface area contributed by atoms with Crippen molar-refractivity contribution >= 4 is 39.8 Å². The summed E-state index contributed by atoms with van der Waals surface area (Å²) in [5.41, 5.74) is 1.29. The van der Waals surface area contributed by atoms with Gasteiger partial charge in [-0.1, -0.05) is 0 Å². The summed E-state index contributed by atoms with van der Waals surface area (Å²) in [6.07, 6.45) is 4.81. The monoisotopic (exact) mass is 456 g/mol. The van der Waals surface area contributed by atoms with Crippen LogP contribution in [0.1, 0.15) is 10.5 Å². The first-order chi connectivity index (χ1) is 12.0. The third kappa shape index (κ3) is 3.42. The Morgan fingerprint density at radius 3 is 2.84 bits per heavy atom. The minimum Gasteiger partial charge on any atom is -0.494 e. The normalized spacial score (nSPS) is 10.9. The van der Waals surface area contributed by atoms with Crippen molar-refractivity contribution in [3.8, 4) is 5.75 Å². The molecule has 0 aliphatic heterocycles. The predicted molar refractivity (Wildman–Crippen MR) is 97.3 cm³/mol. The van der Waals surface area contributed by atoms with Gasteiger partial charge in [0.2, 0.25) is 0 Å². The van der Waals surface area contributed by atoms with E-state index in [1.165, 1.54) is 43.5 Å². The lowest BCUT2D eigenvalue weighted by Crippen LogP contribution is -2.33. The summed E-state index contributed by atoms with van der Waals surface area (Å²) < 4.78 is 26.4. The van der Waals surface area contributed by atoms with Crippen LogP contribution in [0, 0.1) is 9.52 Å². The molecule has 0 spiro atoms. The van der Waals surface area contributed by atoms with Crippen LogP contribution in [0.4, 0.5) is 10.1 Å². The number of hydrogen-bond donors (Lipinski definition) is 0. The van der Waals surface area contributed by atoms with E-state index in [2.05, 4.69) is 32.6 Å². The second kappa shape index (κ2) is 7.31. The maximum absolute atomic E-state index is 13.6. The molecule has 0 unspecified atom stereocenters. The summed E-state index contributed by atoms with van der Waals surface area (Å²) in [6.45, 7) is -0.0195. The molecule has 0 N–H and O–H groups in total. The Bertz CT molecular complexity index is 931. The molecule has 0 bridgehead atoms. The van der Waals surface area contributed by atoms with Crippen LogP contribution in [0.2, 0.25) is 0 Å². The fourth-order valence-corrected chi connectivity index (χ4v) is 2.83. The van der Waals surface area contributed by atoms with E-state index in [0.29, 0.717) is 11.3 Å². The Labute approximate surface area is 156 Å². The number of methoxy groups -OCH3 is 2. The number of carbonyl (C=O) groups excluding carboxylic acids is 1. The Hall–Kier alpha value is -2.27. The van der Waals surface area contributed by atoms with Crippen molar-refractivity contribution in [2.45, 2.75) is 0 Å². The van der Waals surface area contributed by atoms with E-state index in [4.69, 9.17) is 9.47 Å². The van der Waals surface area contributed by atoms with Crippen LogP contribution in [0.3, 0.4) is 0 Å². The molecule has 3 aromatic rings. The molecule has 0 saturated carbocycles. The number of fused-ring (bicyclic) bond motifs is 1. The van der Waals surface area contributed by atoms with Crippen LogP contribution in [-0.2, 0) is 4.74 Å².